The zero-order valence-corrected chi connectivity index (χ0v) is 26.4. The Morgan fingerprint density at radius 2 is 1.17 bits per heavy atom. The molecule has 0 radical (unpaired) electrons. The van der Waals surface area contributed by atoms with Crippen LogP contribution in [-0.4, -0.2) is 15.0 Å². The fourth-order valence-corrected chi connectivity index (χ4v) is 8.07. The van der Waals surface area contributed by atoms with Gasteiger partial charge in [0.1, 0.15) is 11.2 Å². The Balaban J connectivity index is 1.20. The first-order valence-electron chi connectivity index (χ1n) is 15.9. The molecular formula is C43H25N3OS. The third-order valence-electron chi connectivity index (χ3n) is 9.08. The molecule has 10 aromatic rings. The van der Waals surface area contributed by atoms with Crippen LogP contribution in [0.25, 0.3) is 98.2 Å². The summed E-state index contributed by atoms with van der Waals surface area (Å²) in [6.07, 6.45) is 0. The van der Waals surface area contributed by atoms with Gasteiger partial charge in [-0.05, 0) is 36.4 Å². The summed E-state index contributed by atoms with van der Waals surface area (Å²) >= 11 is 1.81. The molecule has 0 amide bonds. The summed E-state index contributed by atoms with van der Waals surface area (Å²) in [5, 5.41) is 5.59. The molecule has 4 nitrogen and oxygen atoms in total. The number of aromatic nitrogens is 3. The van der Waals surface area contributed by atoms with Crippen molar-refractivity contribution < 1.29 is 4.42 Å². The van der Waals surface area contributed by atoms with Gasteiger partial charge in [-0.25, -0.2) is 15.0 Å². The zero-order chi connectivity index (χ0) is 31.6. The van der Waals surface area contributed by atoms with Gasteiger partial charge in [-0.2, -0.15) is 0 Å². The summed E-state index contributed by atoms with van der Waals surface area (Å²) in [4.78, 5) is 15.6. The number of rotatable bonds is 4. The average Bonchev–Trinajstić information content (AvgIpc) is 3.74. The van der Waals surface area contributed by atoms with Crippen LogP contribution in [0.5, 0.6) is 0 Å². The van der Waals surface area contributed by atoms with Gasteiger partial charge in [0.2, 0.25) is 0 Å². The normalized spacial score (nSPS) is 11.8. The van der Waals surface area contributed by atoms with Gasteiger partial charge in [0.05, 0.1) is 28.0 Å². The molecule has 10 rings (SSSR count). The zero-order valence-electron chi connectivity index (χ0n) is 25.6. The Labute approximate surface area is 279 Å². The Morgan fingerprint density at radius 3 is 2.08 bits per heavy atom. The average molecular weight is 632 g/mol. The van der Waals surface area contributed by atoms with E-state index in [1.165, 1.54) is 20.2 Å². The van der Waals surface area contributed by atoms with Crippen LogP contribution in [0, 0.1) is 0 Å². The largest absolute Gasteiger partial charge is 0.455 e. The number of benzene rings is 6. The van der Waals surface area contributed by atoms with Crippen molar-refractivity contribution in [2.24, 2.45) is 0 Å². The molecule has 5 heteroatoms. The predicted molar refractivity (Wildman–Crippen MR) is 199 cm³/mol. The van der Waals surface area contributed by atoms with E-state index in [4.69, 9.17) is 19.4 Å². The maximum Gasteiger partial charge on any atom is 0.160 e. The predicted octanol–water partition coefficient (Wildman–Crippen LogP) is 12.0. The topological polar surface area (TPSA) is 51.8 Å². The third-order valence-corrected chi connectivity index (χ3v) is 10.3. The summed E-state index contributed by atoms with van der Waals surface area (Å²) in [5.74, 6) is 0.693. The van der Waals surface area contributed by atoms with Gasteiger partial charge in [-0.3, -0.25) is 0 Å². The molecule has 6 aromatic carbocycles. The van der Waals surface area contributed by atoms with Crippen LogP contribution < -0.4 is 0 Å². The number of fused-ring (bicyclic) bond motifs is 8. The van der Waals surface area contributed by atoms with Gasteiger partial charge in [-0.1, -0.05) is 115 Å². The molecule has 0 saturated heterocycles. The van der Waals surface area contributed by atoms with Crippen molar-refractivity contribution in [1.82, 2.24) is 15.0 Å². The molecule has 4 aromatic heterocycles. The van der Waals surface area contributed by atoms with Gasteiger partial charge in [-0.15, -0.1) is 11.3 Å². The summed E-state index contributed by atoms with van der Waals surface area (Å²) in [5.41, 5.74) is 9.33. The highest BCUT2D eigenvalue weighted by Crippen LogP contribution is 2.42. The minimum Gasteiger partial charge on any atom is -0.455 e. The van der Waals surface area contributed by atoms with E-state index >= 15 is 0 Å². The van der Waals surface area contributed by atoms with Gasteiger partial charge >= 0.3 is 0 Å². The molecular weight excluding hydrogens is 607 g/mol. The molecule has 0 atom stereocenters. The number of hydrogen-bond acceptors (Lipinski definition) is 5. The van der Waals surface area contributed by atoms with Crippen LogP contribution in [0.4, 0.5) is 0 Å². The molecule has 0 aliphatic heterocycles. The standard InChI is InChI=1S/C43H25N3OS/c1-2-12-26(13-3-1)43-45-35(25-36(46-43)32-20-11-19-30-29-16-6-9-23-38(29)48-42(30)32)27-14-10-15-28(24-27)40-39-33-18-5-8-22-37(33)47-41(39)31-17-4-7-21-34(31)44-40/h1-25H. The summed E-state index contributed by atoms with van der Waals surface area (Å²) < 4.78 is 8.97. The first kappa shape index (κ1) is 27.0. The number of pyridine rings is 1. The lowest BCUT2D eigenvalue weighted by Crippen LogP contribution is -1.96. The monoisotopic (exact) mass is 631 g/mol. The number of hydrogen-bond donors (Lipinski definition) is 0. The molecule has 4 heterocycles. The molecule has 0 unspecified atom stereocenters. The van der Waals surface area contributed by atoms with Crippen LogP contribution in [-0.2, 0) is 0 Å². The van der Waals surface area contributed by atoms with Crippen LogP contribution >= 0.6 is 11.3 Å². The molecule has 0 aliphatic carbocycles. The third kappa shape index (κ3) is 4.25. The molecule has 0 bridgehead atoms. The van der Waals surface area contributed by atoms with Crippen molar-refractivity contribution >= 4 is 64.4 Å². The number of thiophene rings is 1. The fourth-order valence-electron chi connectivity index (χ4n) is 6.84. The summed E-state index contributed by atoms with van der Waals surface area (Å²) in [6, 6.07) is 52.4. The lowest BCUT2D eigenvalue weighted by Gasteiger charge is -2.12. The molecule has 0 saturated carbocycles. The summed E-state index contributed by atoms with van der Waals surface area (Å²) in [7, 11) is 0. The van der Waals surface area contributed by atoms with E-state index in [2.05, 4.69) is 103 Å². The van der Waals surface area contributed by atoms with Gasteiger partial charge in [0, 0.05) is 53.2 Å². The van der Waals surface area contributed by atoms with E-state index in [0.717, 1.165) is 72.2 Å². The second-order valence-electron chi connectivity index (χ2n) is 12.0. The number of para-hydroxylation sites is 2. The first-order valence-corrected chi connectivity index (χ1v) is 16.8. The van der Waals surface area contributed by atoms with Gasteiger partial charge in [0.25, 0.3) is 0 Å². The Kier molecular flexibility index (Phi) is 6.01. The van der Waals surface area contributed by atoms with Crippen molar-refractivity contribution in [1.29, 1.82) is 0 Å². The SMILES string of the molecule is c1ccc(-c2nc(-c3cccc(-c4nc5ccccc5c5oc6ccccc6c45)c3)cc(-c3cccc4c3sc3ccccc34)n2)cc1. The van der Waals surface area contributed by atoms with Gasteiger partial charge in [0.15, 0.2) is 5.82 Å². The van der Waals surface area contributed by atoms with Crippen LogP contribution in [0.15, 0.2) is 156 Å². The van der Waals surface area contributed by atoms with Gasteiger partial charge < -0.3 is 4.42 Å². The summed E-state index contributed by atoms with van der Waals surface area (Å²) in [6.45, 7) is 0. The van der Waals surface area contributed by atoms with E-state index in [0.29, 0.717) is 5.82 Å². The molecule has 0 fully saturated rings. The quantitative estimate of drug-likeness (QED) is 0.194. The second kappa shape index (κ2) is 10.7. The molecule has 0 N–H and O–H groups in total. The van der Waals surface area contributed by atoms with Crippen molar-refractivity contribution in [2.45, 2.75) is 0 Å². The van der Waals surface area contributed by atoms with E-state index < -0.39 is 0 Å². The molecule has 48 heavy (non-hydrogen) atoms. The lowest BCUT2D eigenvalue weighted by molar-refractivity contribution is 0.672. The van der Waals surface area contributed by atoms with Crippen LogP contribution in [0.3, 0.4) is 0 Å². The van der Waals surface area contributed by atoms with E-state index in [9.17, 15) is 0 Å². The van der Waals surface area contributed by atoms with E-state index in [1.807, 2.05) is 59.9 Å². The minimum absolute atomic E-state index is 0.693. The molecule has 224 valence electrons. The molecule has 0 aliphatic rings. The number of nitrogens with zero attached hydrogens (tertiary/aromatic N) is 3. The first-order chi connectivity index (χ1) is 23.8. The highest BCUT2D eigenvalue weighted by molar-refractivity contribution is 7.26. The van der Waals surface area contributed by atoms with Crippen molar-refractivity contribution in [3.05, 3.63) is 152 Å². The Bertz CT molecular complexity index is 2850. The van der Waals surface area contributed by atoms with Crippen molar-refractivity contribution in [3.8, 4) is 45.2 Å². The molecule has 0 spiro atoms. The van der Waals surface area contributed by atoms with E-state index in [1.54, 1.807) is 0 Å². The highest BCUT2D eigenvalue weighted by atomic mass is 32.1. The second-order valence-corrected chi connectivity index (χ2v) is 13.0. The minimum atomic E-state index is 0.693. The smallest absolute Gasteiger partial charge is 0.160 e. The van der Waals surface area contributed by atoms with Crippen LogP contribution in [0.1, 0.15) is 0 Å². The Morgan fingerprint density at radius 1 is 0.479 bits per heavy atom. The Hall–Kier alpha value is -6.17. The maximum atomic E-state index is 6.47. The lowest BCUT2D eigenvalue weighted by atomic mass is 9.99. The van der Waals surface area contributed by atoms with Crippen molar-refractivity contribution in [3.63, 3.8) is 0 Å². The van der Waals surface area contributed by atoms with Crippen LogP contribution in [0.2, 0.25) is 0 Å². The number of furan rings is 1. The van der Waals surface area contributed by atoms with Crippen molar-refractivity contribution in [2.75, 3.05) is 0 Å². The fraction of sp³-hybridized carbons (Fsp3) is 0. The van der Waals surface area contributed by atoms with E-state index in [-0.39, 0.29) is 0 Å². The maximum absolute atomic E-state index is 6.47. The highest BCUT2D eigenvalue weighted by Gasteiger charge is 2.19.